The van der Waals surface area contributed by atoms with Crippen molar-refractivity contribution in [2.45, 2.75) is 44.2 Å². The van der Waals surface area contributed by atoms with Crippen molar-refractivity contribution < 1.29 is 27.8 Å². The molecule has 1 aromatic carbocycles. The van der Waals surface area contributed by atoms with Crippen LogP contribution in [-0.2, 0) is 7.05 Å². The van der Waals surface area contributed by atoms with Crippen LogP contribution in [0.15, 0.2) is 47.5 Å². The van der Waals surface area contributed by atoms with E-state index in [4.69, 9.17) is 0 Å². The van der Waals surface area contributed by atoms with Crippen molar-refractivity contribution >= 4 is 5.91 Å². The molecule has 2 N–H and O–H groups in total. The van der Waals surface area contributed by atoms with Gasteiger partial charge in [0.15, 0.2) is 0 Å². The Balaban J connectivity index is 1.73. The molecule has 0 aliphatic heterocycles. The number of amides is 1. The molecular formula is C22H22F3N5O4. The van der Waals surface area contributed by atoms with Crippen molar-refractivity contribution in [3.63, 3.8) is 0 Å². The minimum atomic E-state index is -4.83. The second-order valence-corrected chi connectivity index (χ2v) is 8.04. The number of aryl methyl sites for hydroxylation is 1. The number of benzene rings is 1. The van der Waals surface area contributed by atoms with Gasteiger partial charge in [0.25, 0.3) is 11.5 Å². The number of carbonyl (C=O) groups excluding carboxylic acids is 1. The Morgan fingerprint density at radius 2 is 1.91 bits per heavy atom. The van der Waals surface area contributed by atoms with E-state index >= 15 is 0 Å². The molecule has 3 aromatic rings. The number of aliphatic hydroxyl groups excluding tert-OH is 1. The second-order valence-electron chi connectivity index (χ2n) is 8.04. The van der Waals surface area contributed by atoms with E-state index < -0.39 is 35.7 Å². The first kappa shape index (κ1) is 23.5. The number of alkyl halides is 3. The smallest absolute Gasteiger partial charge is 0.406 e. The predicted molar refractivity (Wildman–Crippen MR) is 114 cm³/mol. The van der Waals surface area contributed by atoms with Gasteiger partial charge >= 0.3 is 6.36 Å². The van der Waals surface area contributed by atoms with Gasteiger partial charge in [-0.15, -0.1) is 13.2 Å². The molecule has 1 aliphatic carbocycles. The summed E-state index contributed by atoms with van der Waals surface area (Å²) in [7, 11) is 1.65. The number of aromatic nitrogens is 4. The highest BCUT2D eigenvalue weighted by molar-refractivity contribution is 5.95. The fourth-order valence-electron chi connectivity index (χ4n) is 3.84. The minimum Gasteiger partial charge on any atom is -0.406 e. The zero-order valence-electron chi connectivity index (χ0n) is 18.1. The number of hydrogen-bond donors (Lipinski definition) is 2. The highest BCUT2D eigenvalue weighted by atomic mass is 19.4. The Morgan fingerprint density at radius 1 is 1.21 bits per heavy atom. The Morgan fingerprint density at radius 3 is 2.53 bits per heavy atom. The fourth-order valence-corrected chi connectivity index (χ4v) is 3.84. The van der Waals surface area contributed by atoms with Crippen LogP contribution in [0.3, 0.4) is 0 Å². The normalized spacial score (nSPS) is 18.5. The molecule has 0 bridgehead atoms. The van der Waals surface area contributed by atoms with Gasteiger partial charge in [0.05, 0.1) is 30.2 Å². The lowest BCUT2D eigenvalue weighted by Crippen LogP contribution is -2.46. The molecule has 2 aromatic heterocycles. The lowest BCUT2D eigenvalue weighted by atomic mass is 9.92. The Hall–Kier alpha value is -3.67. The average Bonchev–Trinajstić information content (AvgIpc) is 3.21. The SMILES string of the molecule is Cn1cc(-n2nc(-c3ccc(OC(F)(F)F)cc3)cc(C(=O)NC3CCCCC3O)c2=O)cn1. The zero-order valence-corrected chi connectivity index (χ0v) is 18.1. The summed E-state index contributed by atoms with van der Waals surface area (Å²) in [6.45, 7) is 0. The highest BCUT2D eigenvalue weighted by Gasteiger charge is 2.31. The van der Waals surface area contributed by atoms with Crippen molar-refractivity contribution in [1.82, 2.24) is 24.9 Å². The molecular weight excluding hydrogens is 455 g/mol. The molecule has 1 fully saturated rings. The van der Waals surface area contributed by atoms with Gasteiger partial charge in [0.1, 0.15) is 17.0 Å². The van der Waals surface area contributed by atoms with E-state index in [9.17, 15) is 27.9 Å². The fraction of sp³-hybridized carbons (Fsp3) is 0.364. The van der Waals surface area contributed by atoms with Gasteiger partial charge in [-0.2, -0.15) is 14.9 Å². The first-order chi connectivity index (χ1) is 16.1. The third-order valence-corrected chi connectivity index (χ3v) is 5.52. The topological polar surface area (TPSA) is 111 Å². The van der Waals surface area contributed by atoms with Gasteiger partial charge in [0, 0.05) is 12.6 Å². The third kappa shape index (κ3) is 5.28. The third-order valence-electron chi connectivity index (χ3n) is 5.52. The van der Waals surface area contributed by atoms with Gasteiger partial charge in [0.2, 0.25) is 0 Å². The van der Waals surface area contributed by atoms with Crippen LogP contribution < -0.4 is 15.6 Å². The maximum Gasteiger partial charge on any atom is 0.573 e. The molecule has 0 radical (unpaired) electrons. The van der Waals surface area contributed by atoms with E-state index in [0.717, 1.165) is 29.7 Å². The van der Waals surface area contributed by atoms with Gasteiger partial charge < -0.3 is 15.2 Å². The number of hydrogen-bond acceptors (Lipinski definition) is 6. The monoisotopic (exact) mass is 477 g/mol. The molecule has 34 heavy (non-hydrogen) atoms. The van der Waals surface area contributed by atoms with Crippen molar-refractivity contribution in [3.8, 4) is 22.7 Å². The van der Waals surface area contributed by atoms with Crippen LogP contribution in [0.1, 0.15) is 36.0 Å². The van der Waals surface area contributed by atoms with Crippen LogP contribution in [0.5, 0.6) is 5.75 Å². The number of nitrogens with zero attached hydrogens (tertiary/aromatic N) is 4. The zero-order chi connectivity index (χ0) is 24.5. The summed E-state index contributed by atoms with van der Waals surface area (Å²) in [4.78, 5) is 26.2. The molecule has 12 heteroatoms. The molecule has 180 valence electrons. The van der Waals surface area contributed by atoms with Crippen LogP contribution >= 0.6 is 0 Å². The largest absolute Gasteiger partial charge is 0.573 e. The summed E-state index contributed by atoms with van der Waals surface area (Å²) in [6, 6.07) is 5.70. The summed E-state index contributed by atoms with van der Waals surface area (Å²) >= 11 is 0. The molecule has 4 rings (SSSR count). The molecule has 0 spiro atoms. The maximum atomic E-state index is 13.1. The van der Waals surface area contributed by atoms with E-state index in [2.05, 4.69) is 20.3 Å². The van der Waals surface area contributed by atoms with Crippen molar-refractivity contribution in [2.24, 2.45) is 7.05 Å². The van der Waals surface area contributed by atoms with Crippen LogP contribution in [0.25, 0.3) is 16.9 Å². The standard InChI is InChI=1S/C22H22F3N5O4/c1-29-12-14(11-26-29)30-21(33)16(20(32)27-17-4-2-3-5-19(17)31)10-18(28-30)13-6-8-15(9-7-13)34-22(23,24)25/h6-12,17,19,31H,2-5H2,1H3,(H,27,32). The summed E-state index contributed by atoms with van der Waals surface area (Å²) in [6.07, 6.45) is 0.227. The quantitative estimate of drug-likeness (QED) is 0.584. The lowest BCUT2D eigenvalue weighted by Gasteiger charge is -2.28. The summed E-state index contributed by atoms with van der Waals surface area (Å²) < 4.78 is 43.8. The number of rotatable bonds is 5. The van der Waals surface area contributed by atoms with Crippen LogP contribution in [0, 0.1) is 0 Å². The van der Waals surface area contributed by atoms with Crippen molar-refractivity contribution in [2.75, 3.05) is 0 Å². The van der Waals surface area contributed by atoms with Gasteiger partial charge in [-0.05, 0) is 43.2 Å². The molecule has 1 aliphatic rings. The summed E-state index contributed by atoms with van der Waals surface area (Å²) in [5.74, 6) is -1.09. The van der Waals surface area contributed by atoms with Crippen molar-refractivity contribution in [1.29, 1.82) is 0 Å². The molecule has 1 amide bonds. The van der Waals surface area contributed by atoms with Crippen LogP contribution in [-0.4, -0.2) is 49.1 Å². The minimum absolute atomic E-state index is 0.177. The molecule has 2 atom stereocenters. The Labute approximate surface area is 191 Å². The average molecular weight is 477 g/mol. The maximum absolute atomic E-state index is 13.1. The molecule has 2 heterocycles. The Kier molecular flexibility index (Phi) is 6.42. The van der Waals surface area contributed by atoms with E-state index in [0.29, 0.717) is 24.1 Å². The van der Waals surface area contributed by atoms with E-state index in [1.165, 1.54) is 35.3 Å². The molecule has 9 nitrogen and oxygen atoms in total. The number of nitrogens with one attached hydrogen (secondary N) is 1. The molecule has 1 saturated carbocycles. The van der Waals surface area contributed by atoms with Crippen LogP contribution in [0.4, 0.5) is 13.2 Å². The van der Waals surface area contributed by atoms with Crippen LogP contribution in [0.2, 0.25) is 0 Å². The number of halogens is 3. The summed E-state index contributed by atoms with van der Waals surface area (Å²) in [5.41, 5.74) is -0.0767. The molecule has 0 saturated heterocycles. The second kappa shape index (κ2) is 9.29. The first-order valence-corrected chi connectivity index (χ1v) is 10.6. The van der Waals surface area contributed by atoms with E-state index in [-0.39, 0.29) is 11.3 Å². The lowest BCUT2D eigenvalue weighted by molar-refractivity contribution is -0.274. The predicted octanol–water partition coefficient (Wildman–Crippen LogP) is 2.56. The number of aliphatic hydroxyl groups is 1. The molecule has 2 unspecified atom stereocenters. The summed E-state index contributed by atoms with van der Waals surface area (Å²) in [5, 5.41) is 21.2. The van der Waals surface area contributed by atoms with E-state index in [1.54, 1.807) is 7.05 Å². The van der Waals surface area contributed by atoms with Gasteiger partial charge in [-0.1, -0.05) is 12.8 Å². The van der Waals surface area contributed by atoms with Gasteiger partial charge in [-0.3, -0.25) is 14.3 Å². The van der Waals surface area contributed by atoms with Crippen molar-refractivity contribution in [3.05, 3.63) is 58.6 Å². The highest BCUT2D eigenvalue weighted by Crippen LogP contribution is 2.26. The number of ether oxygens (including phenoxy) is 1. The Bertz CT molecular complexity index is 1240. The number of carbonyl (C=O) groups is 1. The van der Waals surface area contributed by atoms with Gasteiger partial charge in [-0.25, -0.2) is 0 Å². The first-order valence-electron chi connectivity index (χ1n) is 10.6. The van der Waals surface area contributed by atoms with E-state index in [1.807, 2.05) is 0 Å².